The largest absolute Gasteiger partial charge is 0.504 e. The van der Waals surface area contributed by atoms with E-state index < -0.39 is 5.60 Å². The Balaban J connectivity index is 2.05. The molecule has 2 unspecified atom stereocenters. The molecule has 1 aromatic carbocycles. The highest BCUT2D eigenvalue weighted by Crippen LogP contribution is 2.57. The van der Waals surface area contributed by atoms with Gasteiger partial charge in [-0.15, -0.1) is 0 Å². The highest BCUT2D eigenvalue weighted by molar-refractivity contribution is 5.70. The van der Waals surface area contributed by atoms with Crippen molar-refractivity contribution in [3.63, 3.8) is 0 Å². The van der Waals surface area contributed by atoms with Crippen LogP contribution in [0.25, 0.3) is 0 Å². The fourth-order valence-electron chi connectivity index (χ4n) is 4.63. The fraction of sp³-hybridized carbons (Fsp3) is 0.667. The predicted molar refractivity (Wildman–Crippen MR) is 101 cm³/mol. The Morgan fingerprint density at radius 1 is 1.27 bits per heavy atom. The van der Waals surface area contributed by atoms with Crippen LogP contribution >= 0.6 is 0 Å². The van der Waals surface area contributed by atoms with Gasteiger partial charge >= 0.3 is 6.09 Å². The number of hydrogen-bond donors (Lipinski definition) is 1. The third-order valence-corrected chi connectivity index (χ3v) is 6.52. The van der Waals surface area contributed by atoms with Gasteiger partial charge in [-0.1, -0.05) is 20.8 Å². The Bertz CT molecular complexity index is 734. The Morgan fingerprint density at radius 3 is 2.50 bits per heavy atom. The van der Waals surface area contributed by atoms with Crippen LogP contribution in [0.1, 0.15) is 59.1 Å². The van der Waals surface area contributed by atoms with Crippen LogP contribution in [-0.2, 0) is 16.6 Å². The van der Waals surface area contributed by atoms with Gasteiger partial charge in [0.25, 0.3) is 0 Å². The summed E-state index contributed by atoms with van der Waals surface area (Å²) in [5.41, 5.74) is 1.52. The molecule has 1 saturated heterocycles. The molecular formula is C21H31NO4. The molecule has 1 N–H and O–H groups in total. The highest BCUT2D eigenvalue weighted by Gasteiger charge is 2.57. The summed E-state index contributed by atoms with van der Waals surface area (Å²) < 4.78 is 11.0. The molecule has 144 valence electrons. The van der Waals surface area contributed by atoms with Gasteiger partial charge in [0, 0.05) is 18.0 Å². The minimum atomic E-state index is -0.510. The zero-order valence-electron chi connectivity index (χ0n) is 17.0. The fourth-order valence-corrected chi connectivity index (χ4v) is 4.63. The molecule has 2 aliphatic rings. The number of fused-ring (bicyclic) bond motifs is 4. The zero-order valence-corrected chi connectivity index (χ0v) is 17.0. The zero-order chi connectivity index (χ0) is 19.5. The van der Waals surface area contributed by atoms with Crippen LogP contribution in [0.2, 0.25) is 0 Å². The average Bonchev–Trinajstić information content (AvgIpc) is 2.49. The summed E-state index contributed by atoms with van der Waals surface area (Å²) in [6.07, 6.45) is 1.31. The van der Waals surface area contributed by atoms with Gasteiger partial charge in [0.15, 0.2) is 11.5 Å². The third-order valence-electron chi connectivity index (χ3n) is 6.52. The molecule has 0 radical (unpaired) electrons. The van der Waals surface area contributed by atoms with Crippen molar-refractivity contribution in [2.45, 2.75) is 71.4 Å². The molecule has 2 atom stereocenters. The van der Waals surface area contributed by atoms with E-state index in [1.807, 2.05) is 37.8 Å². The second kappa shape index (κ2) is 5.80. The molecule has 1 aliphatic carbocycles. The molecule has 3 rings (SSSR count). The number of amides is 1. The van der Waals surface area contributed by atoms with Crippen molar-refractivity contribution in [2.75, 3.05) is 13.7 Å². The predicted octanol–water partition coefficient (Wildman–Crippen LogP) is 4.25. The van der Waals surface area contributed by atoms with E-state index in [-0.39, 0.29) is 28.7 Å². The topological polar surface area (TPSA) is 59.0 Å². The number of hydrogen-bond acceptors (Lipinski definition) is 4. The first-order valence-corrected chi connectivity index (χ1v) is 9.31. The summed E-state index contributed by atoms with van der Waals surface area (Å²) in [6, 6.07) is 3.82. The number of phenolic OH excluding ortho intramolecular Hbond substituents is 1. The minimum absolute atomic E-state index is 0.0397. The van der Waals surface area contributed by atoms with Crippen LogP contribution in [-0.4, -0.2) is 41.4 Å². The lowest BCUT2D eigenvalue weighted by atomic mass is 9.51. The number of carbonyl (C=O) groups is 1. The first kappa shape index (κ1) is 18.9. The number of rotatable bonds is 1. The van der Waals surface area contributed by atoms with Crippen LogP contribution < -0.4 is 4.74 Å². The molecule has 1 aliphatic heterocycles. The van der Waals surface area contributed by atoms with Crippen molar-refractivity contribution < 1.29 is 19.4 Å². The van der Waals surface area contributed by atoms with E-state index in [9.17, 15) is 9.90 Å². The van der Waals surface area contributed by atoms with Crippen molar-refractivity contribution >= 4 is 6.09 Å². The normalized spacial score (nSPS) is 26.9. The van der Waals surface area contributed by atoms with Gasteiger partial charge < -0.3 is 19.5 Å². The van der Waals surface area contributed by atoms with Gasteiger partial charge in [0.2, 0.25) is 0 Å². The second-order valence-electron chi connectivity index (χ2n) is 9.38. The second-order valence-corrected chi connectivity index (χ2v) is 9.38. The summed E-state index contributed by atoms with van der Waals surface area (Å²) >= 11 is 0. The Hall–Kier alpha value is -1.91. The molecule has 5 heteroatoms. The quantitative estimate of drug-likeness (QED) is 0.812. The molecule has 26 heavy (non-hydrogen) atoms. The summed E-state index contributed by atoms with van der Waals surface area (Å²) in [5.74, 6) is 0.658. The maximum atomic E-state index is 12.8. The molecular weight excluding hydrogens is 330 g/mol. The van der Waals surface area contributed by atoms with E-state index in [1.165, 1.54) is 5.56 Å². The maximum absolute atomic E-state index is 12.8. The Morgan fingerprint density at radius 2 is 1.92 bits per heavy atom. The smallest absolute Gasteiger partial charge is 0.410 e. The number of piperidine rings is 1. The molecule has 0 spiro atoms. The van der Waals surface area contributed by atoms with Crippen LogP contribution in [0.3, 0.4) is 0 Å². The number of carbonyl (C=O) groups excluding carboxylic acids is 1. The van der Waals surface area contributed by atoms with E-state index in [0.29, 0.717) is 12.3 Å². The first-order valence-electron chi connectivity index (χ1n) is 9.31. The van der Waals surface area contributed by atoms with Crippen molar-refractivity contribution in [3.8, 4) is 11.5 Å². The Kier molecular flexibility index (Phi) is 4.21. The number of aromatic hydroxyl groups is 1. The number of nitrogens with zero attached hydrogens (tertiary/aromatic N) is 1. The molecule has 1 aromatic rings. The lowest BCUT2D eigenvalue weighted by Gasteiger charge is -2.60. The van der Waals surface area contributed by atoms with Gasteiger partial charge in [-0.2, -0.15) is 0 Å². The average molecular weight is 361 g/mol. The minimum Gasteiger partial charge on any atom is -0.504 e. The first-order chi connectivity index (χ1) is 11.9. The summed E-state index contributed by atoms with van der Waals surface area (Å²) in [6.45, 7) is 13.0. The van der Waals surface area contributed by atoms with E-state index in [4.69, 9.17) is 9.47 Å². The van der Waals surface area contributed by atoms with E-state index in [2.05, 4.69) is 20.8 Å². The number of phenols is 1. The number of methoxy groups -OCH3 is 1. The number of likely N-dealkylation sites (tertiary alicyclic amines) is 1. The highest BCUT2D eigenvalue weighted by atomic mass is 16.6. The summed E-state index contributed by atoms with van der Waals surface area (Å²) in [4.78, 5) is 14.7. The Labute approximate surface area is 156 Å². The molecule has 0 saturated carbocycles. The van der Waals surface area contributed by atoms with Crippen LogP contribution in [0.15, 0.2) is 12.1 Å². The SMILES string of the molecule is COc1cc2c(cc1O)C1(C)CCN(C(=O)OC(C)(C)C)C(C2)C1(C)C. The number of ether oxygens (including phenoxy) is 2. The van der Waals surface area contributed by atoms with Crippen molar-refractivity contribution in [1.82, 2.24) is 4.90 Å². The molecule has 2 bridgehead atoms. The molecule has 1 amide bonds. The van der Waals surface area contributed by atoms with Crippen molar-refractivity contribution in [1.29, 1.82) is 0 Å². The lowest BCUT2D eigenvalue weighted by Crippen LogP contribution is -2.65. The standard InChI is InChI=1S/C21H31NO4/c1-19(2,3)26-18(24)22-9-8-21(6)14-12-15(23)16(25-7)10-13(14)11-17(22)20(21,4)5/h10,12,17,23H,8-9,11H2,1-7H3. The van der Waals surface area contributed by atoms with Gasteiger partial charge in [-0.3, -0.25) is 0 Å². The monoisotopic (exact) mass is 361 g/mol. The van der Waals surface area contributed by atoms with E-state index in [0.717, 1.165) is 18.4 Å². The third kappa shape index (κ3) is 2.72. The molecule has 5 nitrogen and oxygen atoms in total. The van der Waals surface area contributed by atoms with Gasteiger partial charge in [0.1, 0.15) is 5.60 Å². The maximum Gasteiger partial charge on any atom is 0.410 e. The van der Waals surface area contributed by atoms with Crippen LogP contribution in [0, 0.1) is 5.41 Å². The van der Waals surface area contributed by atoms with Crippen LogP contribution in [0.4, 0.5) is 4.79 Å². The van der Waals surface area contributed by atoms with Crippen molar-refractivity contribution in [2.24, 2.45) is 5.41 Å². The summed E-state index contributed by atoms with van der Waals surface area (Å²) in [5, 5.41) is 10.3. The van der Waals surface area contributed by atoms with Crippen molar-refractivity contribution in [3.05, 3.63) is 23.3 Å². The lowest BCUT2D eigenvalue weighted by molar-refractivity contribution is -0.0522. The van der Waals surface area contributed by atoms with Gasteiger partial charge in [-0.25, -0.2) is 4.79 Å². The van der Waals surface area contributed by atoms with Gasteiger partial charge in [-0.05, 0) is 62.3 Å². The van der Waals surface area contributed by atoms with E-state index >= 15 is 0 Å². The van der Waals surface area contributed by atoms with E-state index in [1.54, 1.807) is 7.11 Å². The molecule has 0 aromatic heterocycles. The number of benzene rings is 1. The summed E-state index contributed by atoms with van der Waals surface area (Å²) in [7, 11) is 1.56. The van der Waals surface area contributed by atoms with Gasteiger partial charge in [0.05, 0.1) is 7.11 Å². The molecule has 1 heterocycles. The van der Waals surface area contributed by atoms with Crippen LogP contribution in [0.5, 0.6) is 11.5 Å². The molecule has 1 fully saturated rings.